The number of hydrogen-bond donors (Lipinski definition) is 3. The third-order valence-corrected chi connectivity index (χ3v) is 4.75. The summed E-state index contributed by atoms with van der Waals surface area (Å²) in [6.07, 6.45) is 3.71. The van der Waals surface area contributed by atoms with Crippen LogP contribution in [0, 0.1) is 5.82 Å². The number of aromatic nitrogens is 1. The first-order valence-corrected chi connectivity index (χ1v) is 8.52. The normalized spacial score (nSPS) is 21.5. The lowest BCUT2D eigenvalue weighted by Gasteiger charge is -2.27. The number of ether oxygens (including phenoxy) is 1. The van der Waals surface area contributed by atoms with E-state index >= 15 is 0 Å². The highest BCUT2D eigenvalue weighted by Crippen LogP contribution is 2.36. The van der Waals surface area contributed by atoms with Crippen molar-refractivity contribution in [3.05, 3.63) is 53.6 Å². The molecule has 1 aromatic carbocycles. The molecular weight excluding hydrogens is 337 g/mol. The van der Waals surface area contributed by atoms with Crippen LogP contribution in [0.5, 0.6) is 0 Å². The predicted molar refractivity (Wildman–Crippen MR) is 95.2 cm³/mol. The summed E-state index contributed by atoms with van der Waals surface area (Å²) < 4.78 is 18.7. The van der Waals surface area contributed by atoms with Crippen molar-refractivity contribution in [2.24, 2.45) is 0 Å². The molecule has 1 aromatic heterocycles. The molecule has 26 heavy (non-hydrogen) atoms. The van der Waals surface area contributed by atoms with Crippen LogP contribution in [-0.2, 0) is 4.74 Å². The molecule has 0 saturated carbocycles. The van der Waals surface area contributed by atoms with Gasteiger partial charge in [0.1, 0.15) is 12.0 Å². The zero-order valence-electron chi connectivity index (χ0n) is 14.3. The van der Waals surface area contributed by atoms with Gasteiger partial charge in [-0.25, -0.2) is 14.6 Å². The topological polar surface area (TPSA) is 78.5 Å². The first kappa shape index (κ1) is 16.7. The Morgan fingerprint density at radius 3 is 3.08 bits per heavy atom. The minimum absolute atomic E-state index is 0.278. The molecule has 1 unspecified atom stereocenters. The van der Waals surface area contributed by atoms with E-state index in [1.165, 1.54) is 25.4 Å². The summed E-state index contributed by atoms with van der Waals surface area (Å²) in [5, 5.41) is 8.67. The van der Waals surface area contributed by atoms with Gasteiger partial charge in [0.25, 0.3) is 0 Å². The zero-order valence-corrected chi connectivity index (χ0v) is 14.3. The van der Waals surface area contributed by atoms with Crippen molar-refractivity contribution in [1.82, 2.24) is 15.7 Å². The largest absolute Gasteiger partial charge is 0.465 e. The van der Waals surface area contributed by atoms with Gasteiger partial charge < -0.3 is 20.4 Å². The van der Waals surface area contributed by atoms with Crippen LogP contribution in [0.4, 0.5) is 15.8 Å². The molecule has 2 aliphatic heterocycles. The van der Waals surface area contributed by atoms with E-state index in [2.05, 4.69) is 26.1 Å². The van der Waals surface area contributed by atoms with Crippen molar-refractivity contribution in [2.45, 2.75) is 18.6 Å². The number of fused-ring (bicyclic) bond motifs is 1. The average molecular weight is 357 g/mol. The number of carbonyl (C=O) groups is 1. The molecule has 0 radical (unpaired) electrons. The van der Waals surface area contributed by atoms with Crippen LogP contribution >= 0.6 is 0 Å². The summed E-state index contributed by atoms with van der Waals surface area (Å²) in [7, 11) is 1.33. The van der Waals surface area contributed by atoms with Gasteiger partial charge in [-0.05, 0) is 37.2 Å². The van der Waals surface area contributed by atoms with E-state index in [-0.39, 0.29) is 18.0 Å². The SMILES string of the molecule is COC(=O)c1ccncc1NC1NN([C@@H]2CCNC2)c2ccc(F)cc21. The second-order valence-corrected chi connectivity index (χ2v) is 6.34. The standard InChI is InChI=1S/C18H20FN5O2/c1-26-18(25)13-5-7-21-10-15(13)22-17-14-8-11(19)2-3-16(14)24(23-17)12-4-6-20-9-12/h2-3,5,7-8,10,12,17,20,22-23H,4,6,9H2,1H3/t12-,17?/m1/s1. The Morgan fingerprint density at radius 1 is 1.42 bits per heavy atom. The second kappa shape index (κ2) is 6.89. The Morgan fingerprint density at radius 2 is 2.31 bits per heavy atom. The van der Waals surface area contributed by atoms with E-state index in [1.807, 2.05) is 0 Å². The number of nitrogens with zero attached hydrogens (tertiary/aromatic N) is 2. The van der Waals surface area contributed by atoms with Gasteiger partial charge >= 0.3 is 5.97 Å². The molecule has 4 rings (SSSR count). The number of pyridine rings is 1. The van der Waals surface area contributed by atoms with E-state index < -0.39 is 5.97 Å². The summed E-state index contributed by atoms with van der Waals surface area (Å²) in [4.78, 5) is 16.1. The fourth-order valence-electron chi connectivity index (χ4n) is 3.48. The van der Waals surface area contributed by atoms with Crippen molar-refractivity contribution >= 4 is 17.3 Å². The van der Waals surface area contributed by atoms with Crippen LogP contribution in [-0.4, -0.2) is 37.2 Å². The summed E-state index contributed by atoms with van der Waals surface area (Å²) in [5.41, 5.74) is 6.02. The monoisotopic (exact) mass is 357 g/mol. The summed E-state index contributed by atoms with van der Waals surface area (Å²) in [5.74, 6) is -0.757. The Kier molecular flexibility index (Phi) is 4.44. The van der Waals surface area contributed by atoms with Crippen molar-refractivity contribution in [2.75, 3.05) is 30.5 Å². The van der Waals surface area contributed by atoms with E-state index in [4.69, 9.17) is 4.74 Å². The number of halogens is 1. The Hall–Kier alpha value is -2.71. The molecule has 136 valence electrons. The van der Waals surface area contributed by atoms with Crippen molar-refractivity contribution < 1.29 is 13.9 Å². The fraction of sp³-hybridized carbons (Fsp3) is 0.333. The lowest BCUT2D eigenvalue weighted by atomic mass is 10.1. The summed E-state index contributed by atoms with van der Waals surface area (Å²) in [6.45, 7) is 1.81. The maximum Gasteiger partial charge on any atom is 0.340 e. The number of nitrogens with one attached hydrogen (secondary N) is 3. The number of esters is 1. The van der Waals surface area contributed by atoms with Gasteiger partial charge in [0, 0.05) is 18.3 Å². The van der Waals surface area contributed by atoms with Crippen molar-refractivity contribution in [1.29, 1.82) is 0 Å². The maximum atomic E-state index is 13.9. The van der Waals surface area contributed by atoms with Crippen LogP contribution < -0.4 is 21.1 Å². The minimum atomic E-state index is -0.454. The molecule has 1 fully saturated rings. The highest BCUT2D eigenvalue weighted by molar-refractivity contribution is 5.95. The minimum Gasteiger partial charge on any atom is -0.465 e. The van der Waals surface area contributed by atoms with E-state index in [0.29, 0.717) is 11.3 Å². The molecule has 1 saturated heterocycles. The molecule has 2 aromatic rings. The molecule has 8 heteroatoms. The number of hydrazine groups is 1. The zero-order chi connectivity index (χ0) is 18.1. The number of benzene rings is 1. The van der Waals surface area contributed by atoms with Crippen LogP contribution in [0.2, 0.25) is 0 Å². The van der Waals surface area contributed by atoms with E-state index in [9.17, 15) is 9.18 Å². The van der Waals surface area contributed by atoms with Crippen molar-refractivity contribution in [3.8, 4) is 0 Å². The summed E-state index contributed by atoms with van der Waals surface area (Å²) >= 11 is 0. The Labute approximate surface area is 150 Å². The first-order valence-electron chi connectivity index (χ1n) is 8.52. The highest BCUT2D eigenvalue weighted by atomic mass is 19.1. The highest BCUT2D eigenvalue weighted by Gasteiger charge is 2.34. The van der Waals surface area contributed by atoms with Gasteiger partial charge in [-0.3, -0.25) is 4.98 Å². The van der Waals surface area contributed by atoms with Crippen molar-refractivity contribution in [3.63, 3.8) is 0 Å². The van der Waals surface area contributed by atoms with Crippen LogP contribution in [0.3, 0.4) is 0 Å². The molecule has 2 atom stereocenters. The molecule has 2 aliphatic rings. The lowest BCUT2D eigenvalue weighted by molar-refractivity contribution is 0.0601. The molecule has 7 nitrogen and oxygen atoms in total. The average Bonchev–Trinajstić information content (AvgIpc) is 3.30. The number of carbonyl (C=O) groups excluding carboxylic acids is 1. The van der Waals surface area contributed by atoms with Gasteiger partial charge in [0.15, 0.2) is 0 Å². The third kappa shape index (κ3) is 2.97. The van der Waals surface area contributed by atoms with E-state index in [0.717, 1.165) is 30.8 Å². The quantitative estimate of drug-likeness (QED) is 0.720. The summed E-state index contributed by atoms with van der Waals surface area (Å²) in [6, 6.07) is 6.62. The molecular formula is C18H20FN5O2. The third-order valence-electron chi connectivity index (χ3n) is 4.75. The molecule has 0 amide bonds. The van der Waals surface area contributed by atoms with Crippen LogP contribution in [0.15, 0.2) is 36.7 Å². The van der Waals surface area contributed by atoms with E-state index in [1.54, 1.807) is 18.3 Å². The number of hydrogen-bond acceptors (Lipinski definition) is 7. The van der Waals surface area contributed by atoms with Crippen LogP contribution in [0.1, 0.15) is 28.5 Å². The number of methoxy groups -OCH3 is 1. The lowest BCUT2D eigenvalue weighted by Crippen LogP contribution is -2.45. The second-order valence-electron chi connectivity index (χ2n) is 6.34. The van der Waals surface area contributed by atoms with Gasteiger partial charge in [0.2, 0.25) is 0 Å². The fourth-order valence-corrected chi connectivity index (χ4v) is 3.48. The van der Waals surface area contributed by atoms with Gasteiger partial charge in [-0.1, -0.05) is 0 Å². The van der Waals surface area contributed by atoms with Gasteiger partial charge in [0.05, 0.1) is 36.3 Å². The molecule has 0 spiro atoms. The van der Waals surface area contributed by atoms with Crippen LogP contribution in [0.25, 0.3) is 0 Å². The van der Waals surface area contributed by atoms with Gasteiger partial charge in [-0.15, -0.1) is 0 Å². The van der Waals surface area contributed by atoms with Gasteiger partial charge in [-0.2, -0.15) is 0 Å². The Balaban J connectivity index is 1.66. The first-order chi connectivity index (χ1) is 12.7. The Bertz CT molecular complexity index is 825. The smallest absolute Gasteiger partial charge is 0.340 e. The number of anilines is 2. The molecule has 0 aliphatic carbocycles. The molecule has 0 bridgehead atoms. The molecule has 3 heterocycles. The molecule has 3 N–H and O–H groups in total. The maximum absolute atomic E-state index is 13.9. The number of rotatable bonds is 4. The predicted octanol–water partition coefficient (Wildman–Crippen LogP) is 1.80.